The standard InChI is InChI=1S/C18H28O2/c19-16-8-4-14(5-9-16)18(12-2-1-3-13-18)15-6-10-17(20)11-7-15/h14-15H,1-13H2. The lowest BCUT2D eigenvalue weighted by molar-refractivity contribution is -0.125. The molecule has 3 rings (SSSR count). The molecule has 0 aromatic heterocycles. The van der Waals surface area contributed by atoms with Crippen molar-refractivity contribution in [2.45, 2.75) is 83.5 Å². The summed E-state index contributed by atoms with van der Waals surface area (Å²) in [5.41, 5.74) is 0.486. The molecule has 0 amide bonds. The monoisotopic (exact) mass is 276 g/mol. The van der Waals surface area contributed by atoms with E-state index in [9.17, 15) is 9.59 Å². The van der Waals surface area contributed by atoms with Gasteiger partial charge < -0.3 is 0 Å². The maximum atomic E-state index is 11.6. The van der Waals surface area contributed by atoms with Crippen molar-refractivity contribution in [3.8, 4) is 0 Å². The van der Waals surface area contributed by atoms with Gasteiger partial charge in [-0.1, -0.05) is 19.3 Å². The van der Waals surface area contributed by atoms with Crippen molar-refractivity contribution >= 4 is 11.6 Å². The molecule has 0 N–H and O–H groups in total. The third-order valence-corrected chi connectivity index (χ3v) is 6.50. The van der Waals surface area contributed by atoms with Gasteiger partial charge in [-0.15, -0.1) is 0 Å². The van der Waals surface area contributed by atoms with Gasteiger partial charge in [0.1, 0.15) is 11.6 Å². The van der Waals surface area contributed by atoms with Crippen molar-refractivity contribution in [3.05, 3.63) is 0 Å². The lowest BCUT2D eigenvalue weighted by atomic mass is 9.53. The number of Topliss-reactive ketones (excluding diaryl/α,β-unsaturated/α-hetero) is 2. The first-order valence-electron chi connectivity index (χ1n) is 8.74. The fourth-order valence-electron chi connectivity index (χ4n) is 5.39. The van der Waals surface area contributed by atoms with Crippen LogP contribution in [-0.2, 0) is 9.59 Å². The Labute approximate surface area is 122 Å². The smallest absolute Gasteiger partial charge is 0.132 e. The third kappa shape index (κ3) is 2.71. The van der Waals surface area contributed by atoms with E-state index in [0.29, 0.717) is 17.0 Å². The summed E-state index contributed by atoms with van der Waals surface area (Å²) >= 11 is 0. The first-order chi connectivity index (χ1) is 9.71. The Hall–Kier alpha value is -0.660. The Balaban J connectivity index is 1.77. The number of hydrogen-bond acceptors (Lipinski definition) is 2. The normalized spacial score (nSPS) is 29.6. The largest absolute Gasteiger partial charge is 0.300 e. The first-order valence-corrected chi connectivity index (χ1v) is 8.74. The Kier molecular flexibility index (Phi) is 4.28. The van der Waals surface area contributed by atoms with Gasteiger partial charge in [-0.05, 0) is 55.8 Å². The van der Waals surface area contributed by atoms with Crippen LogP contribution in [0, 0.1) is 17.3 Å². The van der Waals surface area contributed by atoms with E-state index in [4.69, 9.17) is 0 Å². The minimum atomic E-state index is 0.478. The zero-order chi connectivity index (χ0) is 14.0. The van der Waals surface area contributed by atoms with Crippen LogP contribution in [0.4, 0.5) is 0 Å². The topological polar surface area (TPSA) is 34.1 Å². The molecule has 0 heterocycles. The van der Waals surface area contributed by atoms with E-state index < -0.39 is 0 Å². The van der Waals surface area contributed by atoms with Crippen molar-refractivity contribution < 1.29 is 9.59 Å². The molecule has 3 fully saturated rings. The molecular weight excluding hydrogens is 248 g/mol. The number of carbonyl (C=O) groups is 2. The van der Waals surface area contributed by atoms with Crippen LogP contribution in [-0.4, -0.2) is 11.6 Å². The summed E-state index contributed by atoms with van der Waals surface area (Å²) in [6.45, 7) is 0. The molecule has 3 saturated carbocycles. The highest BCUT2D eigenvalue weighted by Gasteiger charge is 2.46. The molecule has 0 radical (unpaired) electrons. The minimum Gasteiger partial charge on any atom is -0.300 e. The quantitative estimate of drug-likeness (QED) is 0.746. The van der Waals surface area contributed by atoms with Gasteiger partial charge in [0.2, 0.25) is 0 Å². The number of hydrogen-bond donors (Lipinski definition) is 0. The van der Waals surface area contributed by atoms with Gasteiger partial charge in [-0.2, -0.15) is 0 Å². The Morgan fingerprint density at radius 1 is 0.650 bits per heavy atom. The highest BCUT2D eigenvalue weighted by Crippen LogP contribution is 2.55. The van der Waals surface area contributed by atoms with Crippen LogP contribution >= 0.6 is 0 Å². The molecule has 0 bridgehead atoms. The highest BCUT2D eigenvalue weighted by molar-refractivity contribution is 5.79. The van der Waals surface area contributed by atoms with Crippen molar-refractivity contribution in [2.24, 2.45) is 17.3 Å². The number of rotatable bonds is 2. The molecule has 0 unspecified atom stereocenters. The molecule has 3 aliphatic carbocycles. The van der Waals surface area contributed by atoms with Crippen LogP contribution in [0.2, 0.25) is 0 Å². The van der Waals surface area contributed by atoms with Gasteiger partial charge in [-0.25, -0.2) is 0 Å². The van der Waals surface area contributed by atoms with Crippen LogP contribution in [0.1, 0.15) is 83.5 Å². The maximum absolute atomic E-state index is 11.6. The lowest BCUT2D eigenvalue weighted by Gasteiger charge is -2.51. The van der Waals surface area contributed by atoms with E-state index in [-0.39, 0.29) is 0 Å². The molecule has 20 heavy (non-hydrogen) atoms. The second kappa shape index (κ2) is 5.99. The van der Waals surface area contributed by atoms with E-state index in [2.05, 4.69) is 0 Å². The molecule has 0 aliphatic heterocycles. The van der Waals surface area contributed by atoms with Crippen LogP contribution in [0.5, 0.6) is 0 Å². The molecule has 2 nitrogen and oxygen atoms in total. The first kappa shape index (κ1) is 14.3. The van der Waals surface area contributed by atoms with Crippen LogP contribution < -0.4 is 0 Å². The summed E-state index contributed by atoms with van der Waals surface area (Å²) < 4.78 is 0. The van der Waals surface area contributed by atoms with Crippen molar-refractivity contribution in [3.63, 3.8) is 0 Å². The van der Waals surface area contributed by atoms with Crippen molar-refractivity contribution in [2.75, 3.05) is 0 Å². The van der Waals surface area contributed by atoms with Gasteiger partial charge >= 0.3 is 0 Å². The second-order valence-electron chi connectivity index (χ2n) is 7.42. The van der Waals surface area contributed by atoms with Gasteiger partial charge in [0.05, 0.1) is 0 Å². The van der Waals surface area contributed by atoms with Gasteiger partial charge in [0, 0.05) is 25.7 Å². The summed E-state index contributed by atoms with van der Waals surface area (Å²) in [5.74, 6) is 2.48. The molecule has 0 atom stereocenters. The average Bonchev–Trinajstić information content (AvgIpc) is 2.49. The molecule has 112 valence electrons. The highest BCUT2D eigenvalue weighted by atomic mass is 16.1. The fraction of sp³-hybridized carbons (Fsp3) is 0.889. The zero-order valence-corrected chi connectivity index (χ0v) is 12.7. The fourth-order valence-corrected chi connectivity index (χ4v) is 5.39. The van der Waals surface area contributed by atoms with Crippen LogP contribution in [0.3, 0.4) is 0 Å². The SMILES string of the molecule is O=C1CCC(C2(C3CCC(=O)CC3)CCCCC2)CC1. The van der Waals surface area contributed by atoms with Crippen molar-refractivity contribution in [1.82, 2.24) is 0 Å². The average molecular weight is 276 g/mol. The third-order valence-electron chi connectivity index (χ3n) is 6.50. The van der Waals surface area contributed by atoms with E-state index in [1.807, 2.05) is 0 Å². The molecule has 3 aliphatic rings. The summed E-state index contributed by atoms with van der Waals surface area (Å²) in [7, 11) is 0. The van der Waals surface area contributed by atoms with Crippen LogP contribution in [0.15, 0.2) is 0 Å². The zero-order valence-electron chi connectivity index (χ0n) is 12.7. The predicted molar refractivity (Wildman–Crippen MR) is 79.4 cm³/mol. The summed E-state index contributed by atoms with van der Waals surface area (Å²) in [4.78, 5) is 23.1. The second-order valence-corrected chi connectivity index (χ2v) is 7.42. The molecule has 2 heteroatoms. The van der Waals surface area contributed by atoms with Crippen molar-refractivity contribution in [1.29, 1.82) is 0 Å². The van der Waals surface area contributed by atoms with Gasteiger partial charge in [0.15, 0.2) is 0 Å². The molecule has 0 spiro atoms. The Bertz CT molecular complexity index is 329. The molecular formula is C18H28O2. The minimum absolute atomic E-state index is 0.478. The van der Waals surface area contributed by atoms with E-state index >= 15 is 0 Å². The molecule has 0 aromatic rings. The Morgan fingerprint density at radius 2 is 1.05 bits per heavy atom. The molecule has 0 aromatic carbocycles. The summed E-state index contributed by atoms with van der Waals surface area (Å²) in [6.07, 6.45) is 14.6. The van der Waals surface area contributed by atoms with E-state index in [1.165, 1.54) is 32.1 Å². The maximum Gasteiger partial charge on any atom is 0.132 e. The van der Waals surface area contributed by atoms with E-state index in [0.717, 1.165) is 63.2 Å². The number of carbonyl (C=O) groups excluding carboxylic acids is 2. The van der Waals surface area contributed by atoms with E-state index in [1.54, 1.807) is 0 Å². The van der Waals surface area contributed by atoms with Gasteiger partial charge in [-0.3, -0.25) is 9.59 Å². The summed E-state index contributed by atoms with van der Waals surface area (Å²) in [6, 6.07) is 0. The summed E-state index contributed by atoms with van der Waals surface area (Å²) in [5, 5.41) is 0. The number of ketones is 2. The predicted octanol–water partition coefficient (Wildman–Crippen LogP) is 4.46. The van der Waals surface area contributed by atoms with Crippen LogP contribution in [0.25, 0.3) is 0 Å². The lowest BCUT2D eigenvalue weighted by Crippen LogP contribution is -2.43. The Morgan fingerprint density at radius 3 is 1.45 bits per heavy atom. The van der Waals surface area contributed by atoms with Gasteiger partial charge in [0.25, 0.3) is 0 Å². The molecule has 0 saturated heterocycles.